The number of para-hydroxylation sites is 1. The van der Waals surface area contributed by atoms with Crippen LogP contribution in [0.5, 0.6) is 0 Å². The summed E-state index contributed by atoms with van der Waals surface area (Å²) in [7, 11) is 0. The molecular formula is C29H34F2N4. The van der Waals surface area contributed by atoms with E-state index in [4.69, 9.17) is 0 Å². The fourth-order valence-electron chi connectivity index (χ4n) is 7.46. The lowest BCUT2D eigenvalue weighted by Gasteiger charge is -2.70. The Balaban J connectivity index is 1.16. The molecule has 8 rings (SSSR count). The van der Waals surface area contributed by atoms with Crippen LogP contribution in [0.15, 0.2) is 48.5 Å². The summed E-state index contributed by atoms with van der Waals surface area (Å²) in [6.07, 6.45) is 5.13. The monoisotopic (exact) mass is 476 g/mol. The third kappa shape index (κ3) is 3.52. The van der Waals surface area contributed by atoms with Crippen LogP contribution in [0.1, 0.15) is 56.0 Å². The number of hydrogen-bond donors (Lipinski definition) is 2. The number of nitrogens with zero attached hydrogens (tertiary/aromatic N) is 2. The molecule has 1 saturated heterocycles. The maximum absolute atomic E-state index is 13.2. The summed E-state index contributed by atoms with van der Waals surface area (Å²) in [5.41, 5.74) is 6.85. The minimum absolute atomic E-state index is 0.157. The van der Waals surface area contributed by atoms with E-state index in [9.17, 15) is 8.78 Å². The van der Waals surface area contributed by atoms with Gasteiger partial charge in [-0.3, -0.25) is 9.80 Å². The summed E-state index contributed by atoms with van der Waals surface area (Å²) < 4.78 is 26.5. The van der Waals surface area contributed by atoms with E-state index in [1.807, 2.05) is 4.90 Å². The van der Waals surface area contributed by atoms with Gasteiger partial charge in [-0.05, 0) is 67.9 Å². The third-order valence-corrected chi connectivity index (χ3v) is 8.98. The lowest BCUT2D eigenvalue weighted by molar-refractivity contribution is -0.174. The van der Waals surface area contributed by atoms with Crippen LogP contribution in [0.2, 0.25) is 0 Å². The van der Waals surface area contributed by atoms with Crippen LogP contribution in [0.25, 0.3) is 10.9 Å². The first-order valence-corrected chi connectivity index (χ1v) is 13.1. The Morgan fingerprint density at radius 1 is 1.06 bits per heavy atom. The molecule has 6 heteroatoms. The zero-order chi connectivity index (χ0) is 23.9. The van der Waals surface area contributed by atoms with E-state index in [0.717, 1.165) is 24.9 Å². The zero-order valence-electron chi connectivity index (χ0n) is 20.5. The molecule has 0 unspecified atom stereocenters. The second kappa shape index (κ2) is 7.53. The highest BCUT2D eigenvalue weighted by atomic mass is 19.3. The lowest BCUT2D eigenvalue weighted by atomic mass is 9.48. The van der Waals surface area contributed by atoms with Crippen LogP contribution < -0.4 is 5.32 Å². The van der Waals surface area contributed by atoms with Crippen LogP contribution in [-0.4, -0.2) is 58.0 Å². The molecule has 3 heterocycles. The van der Waals surface area contributed by atoms with Gasteiger partial charge in [-0.25, -0.2) is 8.78 Å². The van der Waals surface area contributed by atoms with Gasteiger partial charge in [0, 0.05) is 53.9 Å². The highest BCUT2D eigenvalue weighted by Crippen LogP contribution is 2.64. The maximum atomic E-state index is 13.2. The molecular weight excluding hydrogens is 442 g/mol. The van der Waals surface area contributed by atoms with Crippen molar-refractivity contribution in [2.24, 2.45) is 5.92 Å². The standard InChI is InChI=1S/C29H34F2N4/c1-18-11-24-23-5-3-4-6-25(23)33-26(24)27(35(18)29-12-19(13-29)14-29)20-7-9-21(10-8-20)32-22-15-34(16-22)17-28(2,30)31/h3-10,18-19,22,27,32-33H,11-17H2,1-2H3/t18-,19?,27-,29?/m1/s1. The van der Waals surface area contributed by atoms with Crippen LogP contribution in [0.4, 0.5) is 14.5 Å². The first kappa shape index (κ1) is 21.8. The van der Waals surface area contributed by atoms with Gasteiger partial charge in [0.2, 0.25) is 0 Å². The van der Waals surface area contributed by atoms with E-state index in [1.54, 1.807) is 0 Å². The van der Waals surface area contributed by atoms with Gasteiger partial charge in [0.25, 0.3) is 5.92 Å². The van der Waals surface area contributed by atoms with Gasteiger partial charge in [-0.2, -0.15) is 0 Å². The van der Waals surface area contributed by atoms with Crippen molar-refractivity contribution in [3.8, 4) is 0 Å². The van der Waals surface area contributed by atoms with Crippen molar-refractivity contribution in [1.82, 2.24) is 14.8 Å². The van der Waals surface area contributed by atoms with Crippen LogP contribution in [0, 0.1) is 5.92 Å². The Labute approximate surface area is 205 Å². The number of nitrogens with one attached hydrogen (secondary N) is 2. The number of alkyl halides is 2. The third-order valence-electron chi connectivity index (χ3n) is 8.98. The molecule has 2 atom stereocenters. The molecule has 4 nitrogen and oxygen atoms in total. The van der Waals surface area contributed by atoms with Gasteiger partial charge in [0.15, 0.2) is 0 Å². The summed E-state index contributed by atoms with van der Waals surface area (Å²) >= 11 is 0. The van der Waals surface area contributed by atoms with Crippen molar-refractivity contribution in [3.05, 3.63) is 65.4 Å². The van der Waals surface area contributed by atoms with Crippen molar-refractivity contribution in [3.63, 3.8) is 0 Å². The van der Waals surface area contributed by atoms with E-state index >= 15 is 0 Å². The minimum Gasteiger partial charge on any atom is -0.380 e. The Morgan fingerprint density at radius 2 is 1.77 bits per heavy atom. The van der Waals surface area contributed by atoms with Crippen LogP contribution >= 0.6 is 0 Å². The molecule has 2 aliphatic heterocycles. The molecule has 3 aliphatic carbocycles. The molecule has 4 fully saturated rings. The number of likely N-dealkylation sites (tertiary alicyclic amines) is 1. The summed E-state index contributed by atoms with van der Waals surface area (Å²) in [4.78, 5) is 8.47. The molecule has 5 aliphatic rings. The molecule has 2 bridgehead atoms. The fraction of sp³-hybridized carbons (Fsp3) is 0.517. The lowest BCUT2D eigenvalue weighted by Crippen LogP contribution is -2.71. The van der Waals surface area contributed by atoms with Gasteiger partial charge in [-0.1, -0.05) is 30.3 Å². The number of aromatic amines is 1. The smallest absolute Gasteiger partial charge is 0.257 e. The van der Waals surface area contributed by atoms with Crippen LogP contribution in [-0.2, 0) is 6.42 Å². The Bertz CT molecular complexity index is 1240. The number of rotatable bonds is 6. The Morgan fingerprint density at radius 3 is 2.43 bits per heavy atom. The average Bonchev–Trinajstić information content (AvgIpc) is 3.08. The van der Waals surface area contributed by atoms with Gasteiger partial charge in [-0.15, -0.1) is 0 Å². The summed E-state index contributed by atoms with van der Waals surface area (Å²) in [5.74, 6) is -1.69. The van der Waals surface area contributed by atoms with E-state index in [-0.39, 0.29) is 18.6 Å². The minimum atomic E-state index is -2.63. The summed E-state index contributed by atoms with van der Waals surface area (Å²) in [5, 5.41) is 4.90. The predicted molar refractivity (Wildman–Crippen MR) is 136 cm³/mol. The van der Waals surface area contributed by atoms with E-state index in [1.165, 1.54) is 47.0 Å². The van der Waals surface area contributed by atoms with Crippen molar-refractivity contribution in [2.75, 3.05) is 25.0 Å². The molecule has 2 N–H and O–H groups in total. The molecule has 0 spiro atoms. The van der Waals surface area contributed by atoms with Gasteiger partial charge in [0.1, 0.15) is 0 Å². The number of H-pyrrole nitrogens is 1. The molecule has 0 radical (unpaired) electrons. The normalized spacial score (nSPS) is 30.9. The number of aromatic nitrogens is 1. The quantitative estimate of drug-likeness (QED) is 0.471. The highest BCUT2D eigenvalue weighted by molar-refractivity contribution is 5.85. The number of hydrogen-bond acceptors (Lipinski definition) is 3. The second-order valence-electron chi connectivity index (χ2n) is 11.9. The summed E-state index contributed by atoms with van der Waals surface area (Å²) in [6, 6.07) is 18.6. The Hall–Kier alpha value is -2.44. The first-order chi connectivity index (χ1) is 16.8. The SMILES string of the molecule is C[C@@H]1Cc2c([nH]c3ccccc23)[C@@H](c2ccc(NC3CN(CC(C)(F)F)C3)cc2)N1C12CC(C1)C2. The molecule has 2 aromatic carbocycles. The van der Waals surface area contributed by atoms with E-state index in [0.29, 0.717) is 24.7 Å². The van der Waals surface area contributed by atoms with Crippen molar-refractivity contribution in [2.45, 2.75) is 69.1 Å². The van der Waals surface area contributed by atoms with Crippen molar-refractivity contribution < 1.29 is 8.78 Å². The van der Waals surface area contributed by atoms with Crippen molar-refractivity contribution in [1.29, 1.82) is 0 Å². The van der Waals surface area contributed by atoms with Crippen molar-refractivity contribution >= 4 is 16.6 Å². The second-order valence-corrected chi connectivity index (χ2v) is 11.9. The fourth-order valence-corrected chi connectivity index (χ4v) is 7.46. The van der Waals surface area contributed by atoms with E-state index in [2.05, 4.69) is 70.7 Å². The topological polar surface area (TPSA) is 34.3 Å². The summed E-state index contributed by atoms with van der Waals surface area (Å²) in [6.45, 7) is 4.58. The van der Waals surface area contributed by atoms with Gasteiger partial charge in [0.05, 0.1) is 18.6 Å². The number of benzene rings is 2. The zero-order valence-corrected chi connectivity index (χ0v) is 20.5. The first-order valence-electron chi connectivity index (χ1n) is 13.1. The molecule has 1 aromatic heterocycles. The molecule has 3 saturated carbocycles. The van der Waals surface area contributed by atoms with Gasteiger partial charge < -0.3 is 10.3 Å². The largest absolute Gasteiger partial charge is 0.380 e. The Kier molecular flexibility index (Phi) is 4.69. The predicted octanol–water partition coefficient (Wildman–Crippen LogP) is 5.81. The number of halogens is 2. The number of anilines is 1. The maximum Gasteiger partial charge on any atom is 0.257 e. The molecule has 3 aromatic rings. The average molecular weight is 477 g/mol. The molecule has 184 valence electrons. The van der Waals surface area contributed by atoms with E-state index < -0.39 is 5.92 Å². The van der Waals surface area contributed by atoms with Gasteiger partial charge >= 0.3 is 0 Å². The molecule has 0 amide bonds. The molecule has 35 heavy (non-hydrogen) atoms. The highest BCUT2D eigenvalue weighted by Gasteiger charge is 2.63. The van der Waals surface area contributed by atoms with Crippen LogP contribution in [0.3, 0.4) is 0 Å². The number of fused-ring (bicyclic) bond motifs is 3.